The standard InChI is InChI=1S/C28H38N4O5S.CH2O2/c1-20-17-38-25(26(37)31(2)3)24(20)29-22(35)15-32(13-11-27(18-33,19-34)12-14-32)16-23(36)30-28(9-10-28)21-7-5-4-6-8-21;2-1-3/h4-8,17,33-34H,9-16,18-19H2,1-3H3,(H-,29,30,35,36,37);1H,(H,2,3). The van der Waals surface area contributed by atoms with Gasteiger partial charge in [-0.1, -0.05) is 30.3 Å². The lowest BCUT2D eigenvalue weighted by atomic mass is 9.79. The number of hydrogen-bond acceptors (Lipinski definition) is 8. The number of anilines is 1. The van der Waals surface area contributed by atoms with E-state index in [-0.39, 0.29) is 54.0 Å². The van der Waals surface area contributed by atoms with Crippen molar-refractivity contribution in [2.45, 2.75) is 38.1 Å². The Hall–Kier alpha value is -3.32. The lowest BCUT2D eigenvalue weighted by Crippen LogP contribution is -2.62. The van der Waals surface area contributed by atoms with Gasteiger partial charge in [0.15, 0.2) is 13.1 Å². The molecule has 2 heterocycles. The van der Waals surface area contributed by atoms with Crippen LogP contribution in [0.2, 0.25) is 0 Å². The summed E-state index contributed by atoms with van der Waals surface area (Å²) in [6, 6.07) is 9.94. The molecule has 2 aliphatic rings. The second kappa shape index (κ2) is 13.6. The lowest BCUT2D eigenvalue weighted by Gasteiger charge is -2.46. The van der Waals surface area contributed by atoms with Crippen molar-refractivity contribution in [2.24, 2.45) is 5.41 Å². The normalized spacial score (nSPS) is 17.8. The van der Waals surface area contributed by atoms with Gasteiger partial charge in [-0.25, -0.2) is 0 Å². The summed E-state index contributed by atoms with van der Waals surface area (Å²) in [5.74, 6) is -0.558. The molecule has 1 aromatic heterocycles. The maximum Gasteiger partial charge on any atom is 0.279 e. The predicted octanol–water partition coefficient (Wildman–Crippen LogP) is 0.450. The molecule has 1 aromatic carbocycles. The van der Waals surface area contributed by atoms with E-state index in [1.54, 1.807) is 14.1 Å². The minimum Gasteiger partial charge on any atom is -0.554 e. The quantitative estimate of drug-likeness (QED) is 0.232. The van der Waals surface area contributed by atoms with E-state index < -0.39 is 11.9 Å². The molecule has 4 N–H and O–H groups in total. The minimum absolute atomic E-state index is 0.0591. The average Bonchev–Trinajstić information content (AvgIpc) is 3.65. The largest absolute Gasteiger partial charge is 0.554 e. The zero-order chi connectivity index (χ0) is 30.3. The first-order valence-electron chi connectivity index (χ1n) is 13.6. The van der Waals surface area contributed by atoms with Crippen molar-refractivity contribution in [3.8, 4) is 0 Å². The minimum atomic E-state index is -0.605. The van der Waals surface area contributed by atoms with E-state index in [1.807, 2.05) is 42.6 Å². The highest BCUT2D eigenvalue weighted by atomic mass is 32.1. The first kappa shape index (κ1) is 32.2. The van der Waals surface area contributed by atoms with Crippen LogP contribution in [-0.2, 0) is 19.9 Å². The number of hydrogen-bond donors (Lipinski definition) is 4. The predicted molar refractivity (Wildman–Crippen MR) is 153 cm³/mol. The fourth-order valence-electron chi connectivity index (χ4n) is 5.35. The van der Waals surface area contributed by atoms with Crippen LogP contribution < -0.4 is 15.7 Å². The molecule has 1 aliphatic carbocycles. The van der Waals surface area contributed by atoms with Gasteiger partial charge in [0.05, 0.1) is 37.5 Å². The molecule has 41 heavy (non-hydrogen) atoms. The molecule has 2 fully saturated rings. The molecule has 0 spiro atoms. The SMILES string of the molecule is Cc1csc(C(=O)N(C)C)c1NC(=O)C[N+]1(CC(=O)NC2(c3ccccc3)CC2)CCC(CO)(CO)CC1.O=C[O-]. The maximum atomic E-state index is 13.4. The molecule has 0 atom stereocenters. The Bertz CT molecular complexity index is 1210. The molecule has 0 bridgehead atoms. The van der Waals surface area contributed by atoms with Crippen molar-refractivity contribution in [1.29, 1.82) is 0 Å². The number of carbonyl (C=O) groups is 4. The second-order valence-electron chi connectivity index (χ2n) is 11.4. The number of aliphatic hydroxyl groups excluding tert-OH is 2. The van der Waals surface area contributed by atoms with Crippen molar-refractivity contribution in [2.75, 3.05) is 58.8 Å². The van der Waals surface area contributed by atoms with Gasteiger partial charge in [0, 0.05) is 38.8 Å². The molecular formula is C29H40N4O7S. The van der Waals surface area contributed by atoms with Crippen LogP contribution in [0.4, 0.5) is 5.69 Å². The number of quaternary nitrogens is 1. The number of piperidine rings is 1. The summed E-state index contributed by atoms with van der Waals surface area (Å²) in [6.45, 7) is 2.22. The highest BCUT2D eigenvalue weighted by Crippen LogP contribution is 2.45. The Kier molecular flexibility index (Phi) is 10.6. The van der Waals surface area contributed by atoms with E-state index in [1.165, 1.54) is 16.2 Å². The fourth-order valence-corrected chi connectivity index (χ4v) is 6.37. The van der Waals surface area contributed by atoms with Gasteiger partial charge in [0.2, 0.25) is 0 Å². The van der Waals surface area contributed by atoms with Crippen LogP contribution >= 0.6 is 11.3 Å². The summed E-state index contributed by atoms with van der Waals surface area (Å²) in [4.78, 5) is 49.7. The number of benzene rings is 1. The molecule has 224 valence electrons. The molecule has 3 amide bonds. The average molecular weight is 589 g/mol. The van der Waals surface area contributed by atoms with E-state index in [0.717, 1.165) is 24.0 Å². The van der Waals surface area contributed by atoms with E-state index in [0.29, 0.717) is 36.5 Å². The highest BCUT2D eigenvalue weighted by molar-refractivity contribution is 7.13. The van der Waals surface area contributed by atoms with Gasteiger partial charge in [-0.2, -0.15) is 0 Å². The fraction of sp³-hybridized carbons (Fsp3) is 0.517. The number of nitrogens with zero attached hydrogens (tertiary/aromatic N) is 2. The molecule has 1 saturated carbocycles. The Labute approximate surface area is 244 Å². The zero-order valence-corrected chi connectivity index (χ0v) is 24.7. The smallest absolute Gasteiger partial charge is 0.279 e. The van der Waals surface area contributed by atoms with Gasteiger partial charge in [0.1, 0.15) is 4.88 Å². The molecule has 12 heteroatoms. The second-order valence-corrected chi connectivity index (χ2v) is 12.3. The molecule has 11 nitrogen and oxygen atoms in total. The molecule has 1 aliphatic heterocycles. The third-order valence-corrected chi connectivity index (χ3v) is 9.24. The summed E-state index contributed by atoms with van der Waals surface area (Å²) in [5, 5.41) is 36.1. The van der Waals surface area contributed by atoms with Crippen molar-refractivity contribution in [3.63, 3.8) is 0 Å². The van der Waals surface area contributed by atoms with Gasteiger partial charge in [0.25, 0.3) is 17.7 Å². The Balaban J connectivity index is 0.00000147. The monoisotopic (exact) mass is 588 g/mol. The van der Waals surface area contributed by atoms with Crippen LogP contribution in [0, 0.1) is 12.3 Å². The first-order chi connectivity index (χ1) is 19.5. The third-order valence-electron chi connectivity index (χ3n) is 8.16. The number of rotatable bonds is 10. The van der Waals surface area contributed by atoms with Gasteiger partial charge >= 0.3 is 0 Å². The van der Waals surface area contributed by atoms with Crippen LogP contribution in [-0.4, -0.2) is 97.3 Å². The Morgan fingerprint density at radius 2 is 1.59 bits per heavy atom. The molecule has 0 unspecified atom stereocenters. The third kappa shape index (κ3) is 7.70. The summed E-state index contributed by atoms with van der Waals surface area (Å²) >= 11 is 1.30. The molecule has 1 saturated heterocycles. The summed E-state index contributed by atoms with van der Waals surface area (Å²) in [6.07, 6.45) is 2.77. The van der Waals surface area contributed by atoms with Crippen LogP contribution in [0.1, 0.15) is 46.5 Å². The summed E-state index contributed by atoms with van der Waals surface area (Å²) in [5.41, 5.74) is 1.46. The summed E-state index contributed by atoms with van der Waals surface area (Å²) in [7, 11) is 3.35. The molecular weight excluding hydrogens is 548 g/mol. The zero-order valence-electron chi connectivity index (χ0n) is 23.9. The lowest BCUT2D eigenvalue weighted by molar-refractivity contribution is -0.920. The van der Waals surface area contributed by atoms with Crippen molar-refractivity contribution in [3.05, 3.63) is 51.7 Å². The van der Waals surface area contributed by atoms with Crippen molar-refractivity contribution in [1.82, 2.24) is 10.2 Å². The van der Waals surface area contributed by atoms with Gasteiger partial charge in [-0.3, -0.25) is 14.4 Å². The number of nitrogens with one attached hydrogen (secondary N) is 2. The van der Waals surface area contributed by atoms with E-state index in [4.69, 9.17) is 9.90 Å². The van der Waals surface area contributed by atoms with Crippen LogP contribution in [0.15, 0.2) is 35.7 Å². The van der Waals surface area contributed by atoms with E-state index in [9.17, 15) is 24.6 Å². The number of amides is 3. The Morgan fingerprint density at radius 3 is 2.10 bits per heavy atom. The number of carbonyl (C=O) groups excluding carboxylic acids is 4. The first-order valence-corrected chi connectivity index (χ1v) is 14.4. The van der Waals surface area contributed by atoms with Crippen LogP contribution in [0.25, 0.3) is 0 Å². The van der Waals surface area contributed by atoms with Crippen molar-refractivity contribution >= 4 is 41.2 Å². The van der Waals surface area contributed by atoms with Gasteiger partial charge in [-0.05, 0) is 36.3 Å². The maximum absolute atomic E-state index is 13.4. The number of aliphatic hydroxyl groups is 2. The summed E-state index contributed by atoms with van der Waals surface area (Å²) < 4.78 is 0.227. The van der Waals surface area contributed by atoms with Crippen molar-refractivity contribution < 1.29 is 39.0 Å². The number of thiophene rings is 1. The topological polar surface area (TPSA) is 159 Å². The Morgan fingerprint density at radius 1 is 1.02 bits per heavy atom. The molecule has 2 aromatic rings. The van der Waals surface area contributed by atoms with Crippen LogP contribution in [0.3, 0.4) is 0 Å². The van der Waals surface area contributed by atoms with Gasteiger partial charge < -0.3 is 40.1 Å². The number of likely N-dealkylation sites (tertiary alicyclic amines) is 1. The van der Waals surface area contributed by atoms with E-state index in [2.05, 4.69) is 10.6 Å². The van der Waals surface area contributed by atoms with E-state index >= 15 is 0 Å². The molecule has 4 rings (SSSR count). The van der Waals surface area contributed by atoms with Crippen LogP contribution in [0.5, 0.6) is 0 Å². The number of carboxylic acid groups (broad SMARTS) is 1. The highest BCUT2D eigenvalue weighted by Gasteiger charge is 2.48. The number of aryl methyl sites for hydroxylation is 1. The molecule has 0 radical (unpaired) electrons. The van der Waals surface area contributed by atoms with Gasteiger partial charge in [-0.15, -0.1) is 11.3 Å².